The highest BCUT2D eigenvalue weighted by atomic mass is 79.9. The number of amides is 3. The van der Waals surface area contributed by atoms with Crippen LogP contribution in [0.1, 0.15) is 163 Å². The van der Waals surface area contributed by atoms with Crippen LogP contribution < -0.4 is 21.4 Å². The Morgan fingerprint density at radius 3 is 1.12 bits per heavy atom. The van der Waals surface area contributed by atoms with E-state index in [0.29, 0.717) is 85.3 Å². The number of aromatic nitrogens is 14. The lowest BCUT2D eigenvalue weighted by Crippen LogP contribution is -2.57. The largest absolute Gasteiger partial charge is 0.494 e. The van der Waals surface area contributed by atoms with Gasteiger partial charge in [-0.3, -0.25) is 86.6 Å². The van der Waals surface area contributed by atoms with E-state index in [1.807, 2.05) is 223 Å². The molecule has 3 aliphatic rings. The summed E-state index contributed by atoms with van der Waals surface area (Å²) in [6.45, 7) is 29.3. The molecule has 10 aromatic heterocycles. The second-order valence-electron chi connectivity index (χ2n) is 35.0. The van der Waals surface area contributed by atoms with Crippen LogP contribution in [0.4, 0.5) is 11.6 Å². The van der Waals surface area contributed by atoms with E-state index >= 15 is 0 Å². The molecule has 0 aliphatic carbocycles. The Morgan fingerprint density at radius 2 is 0.833 bits per heavy atom. The molecule has 3 saturated heterocycles. The topological polar surface area (TPSA) is 416 Å². The van der Waals surface area contributed by atoms with Gasteiger partial charge in [0.25, 0.3) is 0 Å². The Bertz CT molecular complexity index is 7040. The molecule has 3 aliphatic heterocycles. The number of benzene rings is 4. The maximum atomic E-state index is 13.1. The number of esters is 2. The van der Waals surface area contributed by atoms with E-state index in [1.54, 1.807) is 67.8 Å². The molecule has 0 unspecified atom stereocenters. The number of halogens is 2. The SMILES string of the molecule is Brc1cccnc1.CC(=O)c1nn(CC(=O)N2CC[C@H]2C(=O)Nc2cccc(C)n2)c2ccc(-c3cccnc3)cc12.CC(=O)c1nn(CC(=O)O)c2ccc(-c3cccnc3)cc12.CC(=O)c1nn(CC(=O)OC(C)(C)C)c2ccc(-c3cccnc3)cc12.CC(=O)c1nn(CC(=O)OC(C)(C)C)c2ccc(B3OC(C)(C)C(C)(C)O3)cc12.Cc1cccc(NC(=O)[C@@H]2CCN2)n1.Cl.S.S=S.S=S=S.S=S=S=S. The first-order chi connectivity index (χ1) is 67.4. The molecule has 0 bridgehead atoms. The summed E-state index contributed by atoms with van der Waals surface area (Å²) in [5.41, 5.74) is 9.89. The fourth-order valence-corrected chi connectivity index (χ4v) is 14.6. The third kappa shape index (κ3) is 33.9. The Hall–Kier alpha value is -11.8. The van der Waals surface area contributed by atoms with Crippen molar-refractivity contribution in [3.63, 3.8) is 0 Å². The number of ether oxygens (including phenoxy) is 2. The first kappa shape index (κ1) is 119. The number of anilines is 2. The third-order valence-electron chi connectivity index (χ3n) is 21.6. The number of carboxylic acid groups (broad SMARTS) is 1. The summed E-state index contributed by atoms with van der Waals surface area (Å²) in [4.78, 5) is 147. The van der Waals surface area contributed by atoms with Gasteiger partial charge >= 0.3 is 25.0 Å². The van der Waals surface area contributed by atoms with Crippen LogP contribution in [0.3, 0.4) is 0 Å². The average molecular weight is 2220 g/mol. The van der Waals surface area contributed by atoms with Gasteiger partial charge in [-0.1, -0.05) is 60.7 Å². The normalized spacial score (nSPS) is 13.7. The molecule has 144 heavy (non-hydrogen) atoms. The van der Waals surface area contributed by atoms with E-state index in [9.17, 15) is 47.9 Å². The second-order valence-corrected chi connectivity index (χ2v) is 41.2. The molecule has 2 atom stereocenters. The first-order valence-electron chi connectivity index (χ1n) is 43.9. The molecule has 756 valence electrons. The third-order valence-corrected chi connectivity index (χ3v) is 24.2. The molecule has 13 heterocycles. The summed E-state index contributed by atoms with van der Waals surface area (Å²) in [5, 5.41) is 37.5. The van der Waals surface area contributed by atoms with Crippen LogP contribution in [-0.4, -0.2) is 192 Å². The lowest BCUT2D eigenvalue weighted by atomic mass is 9.78. The number of rotatable bonds is 20. The maximum absolute atomic E-state index is 13.1. The Labute approximate surface area is 892 Å². The van der Waals surface area contributed by atoms with E-state index in [2.05, 4.69) is 149 Å². The van der Waals surface area contributed by atoms with E-state index in [0.717, 1.165) is 76.6 Å². The lowest BCUT2D eigenvalue weighted by Gasteiger charge is -2.39. The molecule has 33 nitrogen and oxygen atoms in total. The van der Waals surface area contributed by atoms with Crippen molar-refractivity contribution < 1.29 is 71.8 Å². The number of carboxylic acids is 1. The van der Waals surface area contributed by atoms with Crippen molar-refractivity contribution in [1.82, 2.24) is 79.2 Å². The number of nitrogens with zero attached hydrogens (tertiary/aromatic N) is 15. The summed E-state index contributed by atoms with van der Waals surface area (Å²) < 4.78 is 29.9. The summed E-state index contributed by atoms with van der Waals surface area (Å²) in [7, 11) is 2.72. The second kappa shape index (κ2) is 55.5. The average Bonchev–Trinajstić information content (AvgIpc) is 1.59. The van der Waals surface area contributed by atoms with Crippen molar-refractivity contribution in [3.8, 4) is 33.4 Å². The molecule has 14 aromatic rings. The number of carbonyl (C=O) groups excluding carboxylic acids is 9. The van der Waals surface area contributed by atoms with Gasteiger partial charge in [0.2, 0.25) is 17.7 Å². The van der Waals surface area contributed by atoms with E-state index < -0.39 is 53.5 Å². The standard InChI is InChI=1S/C26H24N6O3.C21H29BN2O5.C20H21N3O3.C16H13N3O3.C10H13N3O.C5H4BrN.ClH.S4.S3.S2.H2S/c1-16-5-3-7-23(28-16)29-26(35)22-10-12-31(22)24(34)15-32-21-9-8-18(19-6-4-11-27-14-19)13-20(21)25(30-32)17(2)33;1-13(25)18-15-11-14(22-28-20(5,6)21(7,8)29-22)9-10-16(15)24(23-18)12-17(26)27-19(2,3)4;1-13(24)19-16-10-14(15-6-5-9-21-11-15)7-8-17(16)23(22-19)12-18(25)26-20(2,3)4;1-10(20)16-13-7-11(12-3-2-6-17-8-12)4-5-14(13)19(18-16)9-15(21)22;1-7-3-2-4-9(12-7)13-10(14)8-5-6-11-8;6-5-2-1-3-7-4-5;;1-3-4-2;1-3-2;1-2;/h3-9,11,13-14,22H,10,12,15H2,1-2H3,(H,28,29,35);9-11H,12H2,1-8H3;5-11H,12H2,1-4H3;2-8H,9H2,1H3,(H,21,22);2-4,8,11H,5-6H2,1H3,(H,12,13,14);1-4H;1H;;;;1H2/t22-;;;;8-;;;;;;/m0...0....../s1. The summed E-state index contributed by atoms with van der Waals surface area (Å²) in [6, 6.07) is 47.9. The number of ketones is 4. The number of pyridine rings is 6. The monoisotopic (exact) mass is 2220 g/mol. The van der Waals surface area contributed by atoms with Crippen LogP contribution in [0, 0.1) is 13.8 Å². The minimum Gasteiger partial charge on any atom is -0.480 e. The molecular weight excluding hydrogens is 2120 g/mol. The van der Waals surface area contributed by atoms with Gasteiger partial charge in [-0.25, -0.2) is 9.97 Å². The lowest BCUT2D eigenvalue weighted by molar-refractivity contribution is -0.156. The summed E-state index contributed by atoms with van der Waals surface area (Å²) in [6.07, 6.45) is 15.3. The quantitative estimate of drug-likeness (QED) is 0.0313. The number of aryl methyl sites for hydroxylation is 2. The van der Waals surface area contributed by atoms with Crippen LogP contribution in [0.15, 0.2) is 212 Å². The molecule has 3 amide bonds. The zero-order valence-electron chi connectivity index (χ0n) is 81.4. The van der Waals surface area contributed by atoms with Crippen molar-refractivity contribution in [2.75, 3.05) is 23.7 Å². The molecule has 4 N–H and O–H groups in total. The smallest absolute Gasteiger partial charge is 0.480 e. The number of likely N-dealkylation sites (tertiary alicyclic amines) is 1. The van der Waals surface area contributed by atoms with Gasteiger partial charge in [0.05, 0.1) is 39.3 Å². The van der Waals surface area contributed by atoms with E-state index in [-0.39, 0.29) is 105 Å². The minimum atomic E-state index is -1.00. The highest BCUT2D eigenvalue weighted by molar-refractivity contribution is 9.10. The number of aliphatic carboxylic acids is 1. The number of hydrogen-bond acceptors (Lipinski definition) is 31. The summed E-state index contributed by atoms with van der Waals surface area (Å²) >= 11 is 27.5. The van der Waals surface area contributed by atoms with E-state index in [4.69, 9.17) is 23.9 Å². The van der Waals surface area contributed by atoms with Crippen LogP contribution >= 0.6 is 41.8 Å². The molecule has 0 saturated carbocycles. The van der Waals surface area contributed by atoms with Gasteiger partial charge in [-0.15, -0.1) is 12.4 Å². The van der Waals surface area contributed by atoms with Crippen LogP contribution in [-0.2, 0) is 167 Å². The number of hydrogen-bond donors (Lipinski definition) is 4. The van der Waals surface area contributed by atoms with E-state index in [1.165, 1.54) is 69.1 Å². The zero-order valence-corrected chi connectivity index (χ0v) is 92.1. The van der Waals surface area contributed by atoms with Gasteiger partial charge in [-0.05, 0) is 238 Å². The van der Waals surface area contributed by atoms with Crippen molar-refractivity contribution >= 4 is 262 Å². The van der Waals surface area contributed by atoms with Crippen LogP contribution in [0.25, 0.3) is 77.0 Å². The van der Waals surface area contributed by atoms with Gasteiger partial charge in [0, 0.05) is 232 Å². The van der Waals surface area contributed by atoms with Gasteiger partial charge in [0.1, 0.15) is 77.8 Å². The Kier molecular flexibility index (Phi) is 45.9. The van der Waals surface area contributed by atoms with Crippen molar-refractivity contribution in [1.29, 1.82) is 0 Å². The highest BCUT2D eigenvalue weighted by Crippen LogP contribution is 2.38. The first-order valence-corrected chi connectivity index (χ1v) is 52.7. The molecular formula is C98H107BBrClN18O15S10. The minimum absolute atomic E-state index is 0. The van der Waals surface area contributed by atoms with Crippen LogP contribution in [0.5, 0.6) is 0 Å². The van der Waals surface area contributed by atoms with Gasteiger partial charge in [-0.2, -0.15) is 33.9 Å². The Morgan fingerprint density at radius 1 is 0.486 bits per heavy atom. The molecule has 0 spiro atoms. The molecule has 3 fully saturated rings. The molecule has 17 rings (SSSR count). The van der Waals surface area contributed by atoms with Gasteiger partial charge in [0.15, 0.2) is 23.1 Å². The fraction of sp³-hybridized carbons (Fsp3) is 0.306. The Balaban J connectivity index is 0.000000238. The van der Waals surface area contributed by atoms with Crippen molar-refractivity contribution in [2.45, 2.75) is 184 Å². The fourth-order valence-electron chi connectivity index (χ4n) is 14.3. The molecule has 0 radical (unpaired) electrons. The maximum Gasteiger partial charge on any atom is 0.494 e. The molecule has 4 aromatic carbocycles. The molecule has 46 heteroatoms. The number of fused-ring (bicyclic) bond motifs is 4. The van der Waals surface area contributed by atoms with Crippen molar-refractivity contribution in [3.05, 3.63) is 246 Å². The zero-order chi connectivity index (χ0) is 104. The number of carbonyl (C=O) groups is 10. The highest BCUT2D eigenvalue weighted by Gasteiger charge is 2.52. The summed E-state index contributed by atoms with van der Waals surface area (Å²) in [5.74, 6) is -1.92. The van der Waals surface area contributed by atoms with Gasteiger partial charge < -0.3 is 44.7 Å². The van der Waals surface area contributed by atoms with Crippen molar-refractivity contribution in [2.24, 2.45) is 0 Å². The number of Topliss-reactive ketones (excluding diaryl/α,β-unsaturated/α-hetero) is 4. The number of nitrogens with one attached hydrogen (secondary N) is 3. The van der Waals surface area contributed by atoms with Crippen LogP contribution in [0.2, 0.25) is 0 Å². The predicted octanol–water partition coefficient (Wildman–Crippen LogP) is 15.2. The predicted molar refractivity (Wildman–Crippen MR) is 591 cm³/mol.